The maximum Gasteiger partial charge on any atom is 0.339 e. The van der Waals surface area contributed by atoms with Gasteiger partial charge in [0.05, 0.1) is 17.4 Å². The van der Waals surface area contributed by atoms with Gasteiger partial charge in [-0.2, -0.15) is 8.42 Å². The van der Waals surface area contributed by atoms with Crippen LogP contribution in [0.15, 0.2) is 132 Å². The van der Waals surface area contributed by atoms with E-state index >= 15 is 0 Å². The molecule has 208 valence electrons. The van der Waals surface area contributed by atoms with Gasteiger partial charge in [-0.3, -0.25) is 14.4 Å². The van der Waals surface area contributed by atoms with Gasteiger partial charge in [0.15, 0.2) is 6.10 Å². The SMILES string of the molecule is O=C1[C@H]2[C@@H](c3ccc(OS(=O)(=O)c4ccccc4)cc3)N(c3ccccc3)O[C@H]2C(=O)N1c1cccc2ccccc12. The van der Waals surface area contributed by atoms with Gasteiger partial charge in [0, 0.05) is 5.39 Å². The quantitative estimate of drug-likeness (QED) is 0.190. The van der Waals surface area contributed by atoms with Gasteiger partial charge < -0.3 is 4.18 Å². The smallest absolute Gasteiger partial charge is 0.339 e. The Labute approximate surface area is 242 Å². The molecule has 0 unspecified atom stereocenters. The molecule has 42 heavy (non-hydrogen) atoms. The van der Waals surface area contributed by atoms with Crippen LogP contribution in [0.4, 0.5) is 11.4 Å². The van der Waals surface area contributed by atoms with E-state index in [1.54, 1.807) is 41.5 Å². The Bertz CT molecular complexity index is 1910. The van der Waals surface area contributed by atoms with Gasteiger partial charge in [0.1, 0.15) is 16.6 Å². The Hall–Kier alpha value is -4.99. The van der Waals surface area contributed by atoms with Gasteiger partial charge >= 0.3 is 10.1 Å². The molecule has 0 aromatic heterocycles. The van der Waals surface area contributed by atoms with Crippen LogP contribution < -0.4 is 14.1 Å². The second-order valence-electron chi connectivity index (χ2n) is 10.1. The lowest BCUT2D eigenvalue weighted by Gasteiger charge is -2.29. The van der Waals surface area contributed by atoms with Crippen LogP contribution in [0.1, 0.15) is 11.6 Å². The minimum Gasteiger partial charge on any atom is -0.379 e. The van der Waals surface area contributed by atoms with E-state index in [9.17, 15) is 18.0 Å². The molecule has 2 aliphatic rings. The normalized spacial score (nSPS) is 20.2. The average Bonchev–Trinajstić information content (AvgIpc) is 3.53. The average molecular weight is 577 g/mol. The zero-order valence-corrected chi connectivity index (χ0v) is 22.9. The molecule has 0 radical (unpaired) electrons. The Morgan fingerprint density at radius 1 is 0.667 bits per heavy atom. The fourth-order valence-electron chi connectivity index (χ4n) is 5.68. The number of hydroxylamine groups is 1. The number of amides is 2. The molecule has 2 fully saturated rings. The number of hydrogen-bond donors (Lipinski definition) is 0. The molecule has 5 aromatic carbocycles. The Balaban J connectivity index is 1.25. The van der Waals surface area contributed by atoms with E-state index in [0.29, 0.717) is 16.9 Å². The van der Waals surface area contributed by atoms with E-state index in [1.165, 1.54) is 29.2 Å². The molecule has 2 heterocycles. The third-order valence-electron chi connectivity index (χ3n) is 7.59. The third-order valence-corrected chi connectivity index (χ3v) is 8.85. The Morgan fingerprint density at radius 3 is 2.05 bits per heavy atom. The van der Waals surface area contributed by atoms with Crippen molar-refractivity contribution in [3.8, 4) is 5.75 Å². The van der Waals surface area contributed by atoms with Gasteiger partial charge in [-0.05, 0) is 53.4 Å². The van der Waals surface area contributed by atoms with Crippen molar-refractivity contribution in [2.24, 2.45) is 5.92 Å². The highest BCUT2D eigenvalue weighted by molar-refractivity contribution is 7.87. The van der Waals surface area contributed by atoms with Crippen LogP contribution in [0.5, 0.6) is 5.75 Å². The molecule has 2 amide bonds. The summed E-state index contributed by atoms with van der Waals surface area (Å²) in [6.45, 7) is 0. The zero-order valence-electron chi connectivity index (χ0n) is 22.1. The molecule has 0 spiro atoms. The first kappa shape index (κ1) is 25.9. The van der Waals surface area contributed by atoms with Crippen LogP contribution in [-0.2, 0) is 24.5 Å². The second kappa shape index (κ2) is 10.1. The van der Waals surface area contributed by atoms with Crippen molar-refractivity contribution in [3.05, 3.63) is 133 Å². The van der Waals surface area contributed by atoms with Crippen LogP contribution in [0.2, 0.25) is 0 Å². The molecule has 8 nitrogen and oxygen atoms in total. The van der Waals surface area contributed by atoms with Crippen LogP contribution in [-0.4, -0.2) is 26.3 Å². The molecule has 0 aliphatic carbocycles. The van der Waals surface area contributed by atoms with Crippen molar-refractivity contribution in [2.75, 3.05) is 9.96 Å². The molecule has 5 aromatic rings. The summed E-state index contributed by atoms with van der Waals surface area (Å²) in [7, 11) is -4.03. The number of nitrogens with zero attached hydrogens (tertiary/aromatic N) is 2. The van der Waals surface area contributed by atoms with E-state index in [4.69, 9.17) is 9.02 Å². The van der Waals surface area contributed by atoms with Gasteiger partial charge in [0.2, 0.25) is 5.91 Å². The van der Waals surface area contributed by atoms with E-state index in [1.807, 2.05) is 66.7 Å². The van der Waals surface area contributed by atoms with Crippen molar-refractivity contribution < 1.29 is 27.0 Å². The van der Waals surface area contributed by atoms with Gasteiger partial charge in [-0.1, -0.05) is 84.9 Å². The Morgan fingerprint density at radius 2 is 1.31 bits per heavy atom. The van der Waals surface area contributed by atoms with Gasteiger partial charge in [-0.15, -0.1) is 0 Å². The van der Waals surface area contributed by atoms with Crippen molar-refractivity contribution in [1.82, 2.24) is 0 Å². The minimum atomic E-state index is -4.03. The predicted octanol–water partition coefficient (Wildman–Crippen LogP) is 5.66. The number of anilines is 2. The highest BCUT2D eigenvalue weighted by atomic mass is 32.2. The summed E-state index contributed by atoms with van der Waals surface area (Å²) in [5.41, 5.74) is 1.86. The fourth-order valence-corrected chi connectivity index (χ4v) is 6.63. The number of rotatable bonds is 6. The number of fused-ring (bicyclic) bond motifs is 2. The summed E-state index contributed by atoms with van der Waals surface area (Å²) in [6, 6.07) is 36.1. The standard InChI is InChI=1S/C33H24N2O6S/c36-32-29-30(23-18-20-25(21-19-23)41-42(38,39)26-14-5-2-6-15-26)35(24-12-3-1-4-13-24)40-31(29)33(37)34(32)28-17-9-11-22-10-7-8-16-27(22)28/h1-21,29-31H/t29-,30+,31+/m0/s1. The topological polar surface area (TPSA) is 93.2 Å². The summed E-state index contributed by atoms with van der Waals surface area (Å²) in [5.74, 6) is -1.51. The van der Waals surface area contributed by atoms with Crippen molar-refractivity contribution in [1.29, 1.82) is 0 Å². The maximum absolute atomic E-state index is 14.1. The summed E-state index contributed by atoms with van der Waals surface area (Å²) < 4.78 is 30.8. The second-order valence-corrected chi connectivity index (χ2v) is 11.6. The van der Waals surface area contributed by atoms with E-state index in [2.05, 4.69) is 0 Å². The molecule has 9 heteroatoms. The molecular formula is C33H24N2O6S. The molecule has 0 saturated carbocycles. The first-order chi connectivity index (χ1) is 20.4. The Kier molecular flexibility index (Phi) is 6.26. The summed E-state index contributed by atoms with van der Waals surface area (Å²) in [6.07, 6.45) is -1.03. The summed E-state index contributed by atoms with van der Waals surface area (Å²) in [5, 5.41) is 3.30. The molecule has 2 aliphatic heterocycles. The summed E-state index contributed by atoms with van der Waals surface area (Å²) >= 11 is 0. The number of carbonyl (C=O) groups excluding carboxylic acids is 2. The number of benzene rings is 5. The van der Waals surface area contributed by atoms with Crippen LogP contribution >= 0.6 is 0 Å². The maximum atomic E-state index is 14.1. The number of para-hydroxylation sites is 1. The van der Waals surface area contributed by atoms with Crippen LogP contribution in [0.25, 0.3) is 10.8 Å². The van der Waals surface area contributed by atoms with Crippen LogP contribution in [0.3, 0.4) is 0 Å². The lowest BCUT2D eigenvalue weighted by atomic mass is 9.90. The minimum absolute atomic E-state index is 0.0416. The van der Waals surface area contributed by atoms with E-state index in [0.717, 1.165) is 10.8 Å². The third kappa shape index (κ3) is 4.30. The highest BCUT2D eigenvalue weighted by Crippen LogP contribution is 2.48. The number of hydrogen-bond acceptors (Lipinski definition) is 7. The monoisotopic (exact) mass is 576 g/mol. The largest absolute Gasteiger partial charge is 0.379 e. The fraction of sp³-hybridized carbons (Fsp3) is 0.0909. The molecule has 7 rings (SSSR count). The highest BCUT2D eigenvalue weighted by Gasteiger charge is 2.60. The van der Waals surface area contributed by atoms with E-state index in [-0.39, 0.29) is 16.6 Å². The predicted molar refractivity (Wildman–Crippen MR) is 157 cm³/mol. The lowest BCUT2D eigenvalue weighted by molar-refractivity contribution is -0.126. The molecule has 0 N–H and O–H groups in total. The van der Waals surface area contributed by atoms with Gasteiger partial charge in [0.25, 0.3) is 5.91 Å². The number of imide groups is 1. The zero-order chi connectivity index (χ0) is 28.8. The molecule has 2 saturated heterocycles. The first-order valence-corrected chi connectivity index (χ1v) is 14.8. The molecule has 3 atom stereocenters. The van der Waals surface area contributed by atoms with Gasteiger partial charge in [-0.25, -0.2) is 9.96 Å². The van der Waals surface area contributed by atoms with Crippen molar-refractivity contribution in [2.45, 2.75) is 17.0 Å². The first-order valence-electron chi connectivity index (χ1n) is 13.4. The molecule has 0 bridgehead atoms. The number of carbonyl (C=O) groups is 2. The van der Waals surface area contributed by atoms with E-state index < -0.39 is 34.1 Å². The summed E-state index contributed by atoms with van der Waals surface area (Å²) in [4.78, 5) is 35.4. The van der Waals surface area contributed by atoms with Crippen molar-refractivity contribution in [3.63, 3.8) is 0 Å². The lowest BCUT2D eigenvalue weighted by Crippen LogP contribution is -2.37. The van der Waals surface area contributed by atoms with Crippen LogP contribution in [0, 0.1) is 5.92 Å². The van der Waals surface area contributed by atoms with Crippen molar-refractivity contribution >= 4 is 44.1 Å². The molecular weight excluding hydrogens is 552 g/mol.